The molecule has 0 aliphatic rings. The molecule has 44 heavy (non-hydrogen) atoms. The van der Waals surface area contributed by atoms with E-state index < -0.39 is 0 Å². The average Bonchev–Trinajstić information content (AvgIpc) is 3.59. The fourth-order valence-electron chi connectivity index (χ4n) is 7.18. The van der Waals surface area contributed by atoms with Gasteiger partial charge in [-0.15, -0.1) is 0 Å². The van der Waals surface area contributed by atoms with Gasteiger partial charge in [-0.05, 0) is 94.8 Å². The predicted molar refractivity (Wildman–Crippen MR) is 190 cm³/mol. The van der Waals surface area contributed by atoms with Crippen LogP contribution >= 0.6 is 0 Å². The van der Waals surface area contributed by atoms with Crippen LogP contribution in [0.5, 0.6) is 0 Å². The molecule has 0 aliphatic carbocycles. The van der Waals surface area contributed by atoms with E-state index in [2.05, 4.69) is 86.6 Å². The van der Waals surface area contributed by atoms with E-state index in [1.54, 1.807) is 0 Å². The van der Waals surface area contributed by atoms with Crippen molar-refractivity contribution in [1.29, 1.82) is 0 Å². The maximum absolute atomic E-state index is 6.58. The molecular formula is C42H46O2. The molecule has 0 saturated carbocycles. The van der Waals surface area contributed by atoms with Crippen LogP contribution in [0.3, 0.4) is 0 Å². The Morgan fingerprint density at radius 1 is 0.386 bits per heavy atom. The molecule has 7 rings (SSSR count). The SMILES string of the molecule is CCCCCCCCc1ccc2cc3c(cc2c1)oc1c3ccc2c3cc4ccc(CCCCCCCC)cc4cc3oc21. The number of benzene rings is 5. The van der Waals surface area contributed by atoms with Gasteiger partial charge >= 0.3 is 0 Å². The molecule has 2 heterocycles. The van der Waals surface area contributed by atoms with Gasteiger partial charge in [0.25, 0.3) is 0 Å². The number of furan rings is 2. The Hall–Kier alpha value is -3.78. The zero-order valence-electron chi connectivity index (χ0n) is 26.6. The summed E-state index contributed by atoms with van der Waals surface area (Å²) in [6, 6.07) is 27.4. The minimum absolute atomic E-state index is 0.851. The molecular weight excluding hydrogens is 536 g/mol. The highest BCUT2D eigenvalue weighted by atomic mass is 16.4. The van der Waals surface area contributed by atoms with Crippen molar-refractivity contribution < 1.29 is 8.83 Å². The molecule has 0 atom stereocenters. The third-order valence-electron chi connectivity index (χ3n) is 9.76. The van der Waals surface area contributed by atoms with E-state index >= 15 is 0 Å². The van der Waals surface area contributed by atoms with Crippen LogP contribution in [0.15, 0.2) is 81.6 Å². The second-order valence-corrected chi connectivity index (χ2v) is 13.1. The first kappa shape index (κ1) is 29.0. The lowest BCUT2D eigenvalue weighted by molar-refractivity contribution is 0.607. The van der Waals surface area contributed by atoms with Gasteiger partial charge < -0.3 is 8.83 Å². The van der Waals surface area contributed by atoms with Gasteiger partial charge in [-0.25, -0.2) is 0 Å². The van der Waals surface area contributed by atoms with Gasteiger partial charge in [0.2, 0.25) is 0 Å². The molecule has 0 N–H and O–H groups in total. The molecule has 0 bridgehead atoms. The molecule has 0 fully saturated rings. The second-order valence-electron chi connectivity index (χ2n) is 13.1. The smallest absolute Gasteiger partial charge is 0.178 e. The Balaban J connectivity index is 1.17. The summed E-state index contributed by atoms with van der Waals surface area (Å²) in [5, 5.41) is 9.59. The minimum atomic E-state index is 0.851. The van der Waals surface area contributed by atoms with Crippen molar-refractivity contribution in [3.63, 3.8) is 0 Å². The van der Waals surface area contributed by atoms with Crippen LogP contribution < -0.4 is 0 Å². The summed E-state index contributed by atoms with van der Waals surface area (Å²) in [4.78, 5) is 0. The lowest BCUT2D eigenvalue weighted by Gasteiger charge is -2.05. The van der Waals surface area contributed by atoms with Gasteiger partial charge in [-0.2, -0.15) is 0 Å². The number of fused-ring (bicyclic) bond motifs is 9. The van der Waals surface area contributed by atoms with Gasteiger partial charge in [-0.1, -0.05) is 114 Å². The van der Waals surface area contributed by atoms with Crippen molar-refractivity contribution in [2.45, 2.75) is 104 Å². The number of aryl methyl sites for hydroxylation is 2. The van der Waals surface area contributed by atoms with Crippen LogP contribution in [0.4, 0.5) is 0 Å². The molecule has 2 heteroatoms. The van der Waals surface area contributed by atoms with Crippen molar-refractivity contribution in [2.24, 2.45) is 0 Å². The van der Waals surface area contributed by atoms with Crippen molar-refractivity contribution in [3.8, 4) is 0 Å². The van der Waals surface area contributed by atoms with E-state index in [9.17, 15) is 0 Å². The molecule has 7 aromatic rings. The number of hydrogen-bond donors (Lipinski definition) is 0. The first-order chi connectivity index (χ1) is 21.7. The highest BCUT2D eigenvalue weighted by Crippen LogP contribution is 2.41. The van der Waals surface area contributed by atoms with E-state index in [4.69, 9.17) is 8.83 Å². The minimum Gasteiger partial charge on any atom is -0.452 e. The van der Waals surface area contributed by atoms with Crippen molar-refractivity contribution >= 4 is 65.4 Å². The van der Waals surface area contributed by atoms with Crippen LogP contribution in [-0.4, -0.2) is 0 Å². The molecule has 0 aliphatic heterocycles. The molecule has 0 amide bonds. The van der Waals surface area contributed by atoms with Crippen LogP contribution in [0, 0.1) is 0 Å². The molecule has 0 radical (unpaired) electrons. The fourth-order valence-corrected chi connectivity index (χ4v) is 7.18. The highest BCUT2D eigenvalue weighted by Gasteiger charge is 2.17. The maximum Gasteiger partial charge on any atom is 0.178 e. The molecule has 0 spiro atoms. The normalized spacial score (nSPS) is 12.2. The Kier molecular flexibility index (Phi) is 8.60. The Morgan fingerprint density at radius 3 is 1.27 bits per heavy atom. The lowest BCUT2D eigenvalue weighted by atomic mass is 9.99. The third kappa shape index (κ3) is 5.84. The van der Waals surface area contributed by atoms with E-state index in [-0.39, 0.29) is 0 Å². The van der Waals surface area contributed by atoms with Gasteiger partial charge in [0.15, 0.2) is 11.2 Å². The molecule has 2 nitrogen and oxygen atoms in total. The standard InChI is InChI=1S/C42H46O2/c1-3-5-7-9-11-13-15-29-17-19-31-25-37-35-21-22-36-38-26-32-20-18-30(16-14-12-10-8-6-4-2)24-34(32)28-40(38)44-42(36)41(35)43-39(37)27-33(31)23-29/h17-28H,3-16H2,1-2H3. The quantitative estimate of drug-likeness (QED) is 0.119. The summed E-state index contributed by atoms with van der Waals surface area (Å²) in [5.74, 6) is 0. The first-order valence-electron chi connectivity index (χ1n) is 17.4. The summed E-state index contributed by atoms with van der Waals surface area (Å²) in [5.41, 5.74) is 6.41. The Morgan fingerprint density at radius 2 is 0.818 bits per heavy atom. The van der Waals surface area contributed by atoms with Crippen molar-refractivity contribution in [1.82, 2.24) is 0 Å². The highest BCUT2D eigenvalue weighted by molar-refractivity contribution is 6.21. The van der Waals surface area contributed by atoms with Crippen LogP contribution in [0.25, 0.3) is 65.4 Å². The topological polar surface area (TPSA) is 26.3 Å². The summed E-state index contributed by atoms with van der Waals surface area (Å²) in [6.07, 6.45) is 18.3. The van der Waals surface area contributed by atoms with Crippen LogP contribution in [0.1, 0.15) is 102 Å². The fraction of sp³-hybridized carbons (Fsp3) is 0.381. The number of hydrogen-bond acceptors (Lipinski definition) is 2. The van der Waals surface area contributed by atoms with Crippen molar-refractivity contribution in [3.05, 3.63) is 83.9 Å². The molecule has 2 aromatic heterocycles. The van der Waals surface area contributed by atoms with Crippen molar-refractivity contribution in [2.75, 3.05) is 0 Å². The van der Waals surface area contributed by atoms with E-state index in [0.717, 1.165) is 56.7 Å². The molecule has 0 unspecified atom stereocenters. The third-order valence-corrected chi connectivity index (χ3v) is 9.76. The van der Waals surface area contributed by atoms with E-state index in [1.807, 2.05) is 0 Å². The second kappa shape index (κ2) is 13.1. The molecule has 0 saturated heterocycles. The average molecular weight is 583 g/mol. The molecule has 226 valence electrons. The van der Waals surface area contributed by atoms with E-state index in [1.165, 1.54) is 110 Å². The van der Waals surface area contributed by atoms with Gasteiger partial charge in [0, 0.05) is 21.5 Å². The van der Waals surface area contributed by atoms with Gasteiger partial charge in [0.1, 0.15) is 11.2 Å². The maximum atomic E-state index is 6.58. The Labute approximate surface area is 261 Å². The lowest BCUT2D eigenvalue weighted by Crippen LogP contribution is -1.87. The van der Waals surface area contributed by atoms with Gasteiger partial charge in [-0.3, -0.25) is 0 Å². The zero-order valence-corrected chi connectivity index (χ0v) is 26.6. The summed E-state index contributed by atoms with van der Waals surface area (Å²) in [7, 11) is 0. The Bertz CT molecular complexity index is 1900. The molecule has 5 aromatic carbocycles. The van der Waals surface area contributed by atoms with Crippen LogP contribution in [0.2, 0.25) is 0 Å². The summed E-state index contributed by atoms with van der Waals surface area (Å²) < 4.78 is 13.2. The largest absolute Gasteiger partial charge is 0.452 e. The van der Waals surface area contributed by atoms with Crippen LogP contribution in [-0.2, 0) is 12.8 Å². The zero-order chi connectivity index (χ0) is 29.9. The number of rotatable bonds is 14. The predicted octanol–water partition coefficient (Wildman–Crippen LogP) is 13.6. The summed E-state index contributed by atoms with van der Waals surface area (Å²) in [6.45, 7) is 4.56. The number of unbranched alkanes of at least 4 members (excludes halogenated alkanes) is 10. The monoisotopic (exact) mass is 582 g/mol. The van der Waals surface area contributed by atoms with E-state index in [0.29, 0.717) is 0 Å². The summed E-state index contributed by atoms with van der Waals surface area (Å²) >= 11 is 0. The first-order valence-corrected chi connectivity index (χ1v) is 17.4. The van der Waals surface area contributed by atoms with Gasteiger partial charge in [0.05, 0.1) is 0 Å².